The molecule has 2 aromatic carbocycles. The van der Waals surface area contributed by atoms with Crippen molar-refractivity contribution in [2.24, 2.45) is 0 Å². The summed E-state index contributed by atoms with van der Waals surface area (Å²) in [5, 5.41) is 15.1. The lowest BCUT2D eigenvalue weighted by Gasteiger charge is -2.35. The van der Waals surface area contributed by atoms with Crippen molar-refractivity contribution in [3.8, 4) is 17.2 Å². The van der Waals surface area contributed by atoms with Crippen LogP contribution in [0.3, 0.4) is 0 Å². The van der Waals surface area contributed by atoms with E-state index in [1.54, 1.807) is 24.3 Å². The lowest BCUT2D eigenvalue weighted by Crippen LogP contribution is -2.46. The van der Waals surface area contributed by atoms with Crippen molar-refractivity contribution in [2.45, 2.75) is 13.5 Å². The topological polar surface area (TPSA) is 115 Å². The molecule has 0 aliphatic carbocycles. The van der Waals surface area contributed by atoms with Crippen LogP contribution >= 0.6 is 0 Å². The lowest BCUT2D eigenvalue weighted by molar-refractivity contribution is -0.383. The number of rotatable bonds is 8. The third-order valence-electron chi connectivity index (χ3n) is 5.93. The average molecular weight is 479 g/mol. The normalized spacial score (nSPS) is 15.2. The number of benzene rings is 2. The first kappa shape index (κ1) is 22.7. The van der Waals surface area contributed by atoms with E-state index in [9.17, 15) is 10.1 Å². The summed E-state index contributed by atoms with van der Waals surface area (Å²) >= 11 is 0. The molecular weight excluding hydrogens is 452 g/mol. The van der Waals surface area contributed by atoms with Gasteiger partial charge in [0.05, 0.1) is 11.5 Å². The Morgan fingerprint density at radius 3 is 2.57 bits per heavy atom. The van der Waals surface area contributed by atoms with Crippen molar-refractivity contribution in [3.05, 3.63) is 64.5 Å². The highest BCUT2D eigenvalue weighted by Crippen LogP contribution is 2.35. The summed E-state index contributed by atoms with van der Waals surface area (Å²) in [6.45, 7) is 6.22. The Kier molecular flexibility index (Phi) is 6.49. The molecule has 2 aliphatic rings. The molecule has 0 atom stereocenters. The fraction of sp³-hybridized carbons (Fsp3) is 0.333. The first-order chi connectivity index (χ1) is 17.1. The zero-order valence-corrected chi connectivity index (χ0v) is 19.3. The number of ether oxygens (including phenoxy) is 3. The van der Waals surface area contributed by atoms with Crippen molar-refractivity contribution in [1.29, 1.82) is 0 Å². The minimum Gasteiger partial charge on any atom is -0.494 e. The average Bonchev–Trinajstić information content (AvgIpc) is 3.34. The van der Waals surface area contributed by atoms with Crippen molar-refractivity contribution >= 4 is 23.0 Å². The first-order valence-electron chi connectivity index (χ1n) is 11.5. The number of anilines is 3. The minimum atomic E-state index is -0.425. The van der Waals surface area contributed by atoms with Crippen molar-refractivity contribution < 1.29 is 19.1 Å². The second-order valence-electron chi connectivity index (χ2n) is 8.18. The van der Waals surface area contributed by atoms with Gasteiger partial charge in [0.15, 0.2) is 11.5 Å². The number of nitrogens with one attached hydrogen (secondary N) is 1. The van der Waals surface area contributed by atoms with Crippen LogP contribution in [0.1, 0.15) is 12.5 Å². The van der Waals surface area contributed by atoms with E-state index in [4.69, 9.17) is 14.2 Å². The third kappa shape index (κ3) is 5.04. The van der Waals surface area contributed by atoms with Gasteiger partial charge in [0.25, 0.3) is 0 Å². The van der Waals surface area contributed by atoms with Gasteiger partial charge in [-0.05, 0) is 48.9 Å². The van der Waals surface area contributed by atoms with Crippen LogP contribution in [-0.2, 0) is 6.54 Å². The zero-order chi connectivity index (χ0) is 24.2. The fourth-order valence-electron chi connectivity index (χ4n) is 4.21. The van der Waals surface area contributed by atoms with E-state index in [2.05, 4.69) is 20.2 Å². The second kappa shape index (κ2) is 10.0. The Balaban J connectivity index is 1.27. The van der Waals surface area contributed by atoms with Crippen molar-refractivity contribution in [3.63, 3.8) is 0 Å². The van der Waals surface area contributed by atoms with Crippen LogP contribution in [-0.4, -0.2) is 59.4 Å². The van der Waals surface area contributed by atoms with Crippen molar-refractivity contribution in [2.75, 3.05) is 49.8 Å². The highest BCUT2D eigenvalue weighted by Gasteiger charge is 2.29. The Hall–Kier alpha value is -4.12. The Morgan fingerprint density at radius 2 is 1.83 bits per heavy atom. The van der Waals surface area contributed by atoms with Gasteiger partial charge in [0, 0.05) is 38.4 Å². The Morgan fingerprint density at radius 1 is 1.06 bits per heavy atom. The van der Waals surface area contributed by atoms with E-state index >= 15 is 0 Å². The van der Waals surface area contributed by atoms with E-state index in [1.165, 1.54) is 6.33 Å². The van der Waals surface area contributed by atoms with Crippen LogP contribution < -0.4 is 24.4 Å². The molecule has 1 aromatic heterocycles. The minimum absolute atomic E-state index is 0.134. The maximum absolute atomic E-state index is 12.0. The molecule has 1 saturated heterocycles. The summed E-state index contributed by atoms with van der Waals surface area (Å²) in [5.74, 6) is 2.75. The van der Waals surface area contributed by atoms with E-state index in [0.717, 1.165) is 42.4 Å². The first-order valence-corrected chi connectivity index (χ1v) is 11.5. The van der Waals surface area contributed by atoms with Gasteiger partial charge >= 0.3 is 5.69 Å². The molecule has 0 unspecified atom stereocenters. The molecule has 0 saturated carbocycles. The number of aromatic nitrogens is 2. The van der Waals surface area contributed by atoms with Crippen LogP contribution in [0.25, 0.3) is 0 Å². The van der Waals surface area contributed by atoms with E-state index in [-0.39, 0.29) is 18.3 Å². The summed E-state index contributed by atoms with van der Waals surface area (Å²) in [7, 11) is 0. The zero-order valence-electron chi connectivity index (χ0n) is 19.3. The predicted octanol–water partition coefficient (Wildman–Crippen LogP) is 3.58. The van der Waals surface area contributed by atoms with Gasteiger partial charge in [0.1, 0.15) is 12.1 Å². The molecular formula is C24H26N6O5. The molecule has 35 heavy (non-hydrogen) atoms. The largest absolute Gasteiger partial charge is 0.494 e. The summed E-state index contributed by atoms with van der Waals surface area (Å²) in [4.78, 5) is 24.3. The van der Waals surface area contributed by atoms with E-state index < -0.39 is 4.92 Å². The van der Waals surface area contributed by atoms with Gasteiger partial charge in [-0.1, -0.05) is 6.07 Å². The molecule has 2 aliphatic heterocycles. The molecule has 0 amide bonds. The maximum Gasteiger partial charge on any atom is 0.353 e. The maximum atomic E-state index is 12.0. The van der Waals surface area contributed by atoms with Crippen LogP contribution in [0.4, 0.5) is 23.0 Å². The molecule has 3 heterocycles. The van der Waals surface area contributed by atoms with Crippen LogP contribution in [0, 0.1) is 10.1 Å². The lowest BCUT2D eigenvalue weighted by atomic mass is 10.1. The summed E-state index contributed by atoms with van der Waals surface area (Å²) in [6, 6.07) is 13.2. The molecule has 0 radical (unpaired) electrons. The molecule has 0 spiro atoms. The van der Waals surface area contributed by atoms with Gasteiger partial charge in [0.2, 0.25) is 18.4 Å². The molecule has 182 valence electrons. The quantitative estimate of drug-likeness (QED) is 0.380. The molecule has 11 nitrogen and oxygen atoms in total. The summed E-state index contributed by atoms with van der Waals surface area (Å²) in [5.41, 5.74) is 1.68. The second-order valence-corrected chi connectivity index (χ2v) is 8.18. The van der Waals surface area contributed by atoms with Crippen LogP contribution in [0.15, 0.2) is 48.8 Å². The molecule has 0 bridgehead atoms. The van der Waals surface area contributed by atoms with Gasteiger partial charge in [-0.2, -0.15) is 0 Å². The smallest absolute Gasteiger partial charge is 0.353 e. The predicted molar refractivity (Wildman–Crippen MR) is 130 cm³/mol. The Labute approximate surface area is 202 Å². The van der Waals surface area contributed by atoms with Gasteiger partial charge in [-0.15, -0.1) is 0 Å². The molecule has 1 N–H and O–H groups in total. The molecule has 5 rings (SSSR count). The van der Waals surface area contributed by atoms with Gasteiger partial charge in [-0.3, -0.25) is 15.0 Å². The number of nitro groups is 1. The number of hydrogen-bond acceptors (Lipinski definition) is 10. The van der Waals surface area contributed by atoms with Gasteiger partial charge < -0.3 is 24.4 Å². The molecule has 1 fully saturated rings. The molecule has 3 aromatic rings. The van der Waals surface area contributed by atoms with E-state index in [0.29, 0.717) is 31.2 Å². The Bertz CT molecular complexity index is 1200. The van der Waals surface area contributed by atoms with Crippen molar-refractivity contribution in [1.82, 2.24) is 14.9 Å². The SMILES string of the molecule is CCOc1ccc(Nc2ncnc(N3CCN(Cc4ccc5c(c4)OCO5)CC3)c2[N+](=O)[O-])cc1. The van der Waals surface area contributed by atoms with Crippen LogP contribution in [0.2, 0.25) is 0 Å². The standard InChI is InChI=1S/C24H26N6O5/c1-2-33-19-6-4-18(5-7-19)27-23-22(30(31)32)24(26-15-25-23)29-11-9-28(10-12-29)14-17-3-8-20-21(13-17)35-16-34-20/h3-8,13,15H,2,9-12,14,16H2,1H3,(H,25,26,27). The highest BCUT2D eigenvalue weighted by atomic mass is 16.7. The number of hydrogen-bond donors (Lipinski definition) is 1. The van der Waals surface area contributed by atoms with Gasteiger partial charge in [-0.25, -0.2) is 9.97 Å². The highest BCUT2D eigenvalue weighted by molar-refractivity contribution is 5.74. The third-order valence-corrected chi connectivity index (χ3v) is 5.93. The number of piperazine rings is 1. The van der Waals surface area contributed by atoms with Crippen LogP contribution in [0.5, 0.6) is 17.2 Å². The number of nitrogens with zero attached hydrogens (tertiary/aromatic N) is 5. The number of fused-ring (bicyclic) bond motifs is 1. The monoisotopic (exact) mass is 478 g/mol. The summed E-state index contributed by atoms with van der Waals surface area (Å²) < 4.78 is 16.3. The fourth-order valence-corrected chi connectivity index (χ4v) is 4.21. The molecule has 11 heteroatoms. The van der Waals surface area contributed by atoms with E-state index in [1.807, 2.05) is 30.0 Å². The summed E-state index contributed by atoms with van der Waals surface area (Å²) in [6.07, 6.45) is 1.36.